The number of hydrogen-bond acceptors (Lipinski definition) is 6. The van der Waals surface area contributed by atoms with E-state index < -0.39 is 5.97 Å². The van der Waals surface area contributed by atoms with Gasteiger partial charge in [-0.2, -0.15) is 0 Å². The van der Waals surface area contributed by atoms with Crippen molar-refractivity contribution in [1.82, 2.24) is 20.2 Å². The molecule has 1 aliphatic rings. The Balaban J connectivity index is 1.88. The third kappa shape index (κ3) is 2.85. The zero-order valence-electron chi connectivity index (χ0n) is 11.3. The SMILES string of the molecule is Nc1ccc(C(=O)O)cc1Sc1nnnn1C1CCCC1. The summed E-state index contributed by atoms with van der Waals surface area (Å²) < 4.78 is 1.82. The fourth-order valence-corrected chi connectivity index (χ4v) is 3.41. The molecule has 110 valence electrons. The molecule has 0 amide bonds. The molecule has 0 aliphatic heterocycles. The molecule has 8 heteroatoms. The number of aromatic nitrogens is 4. The van der Waals surface area contributed by atoms with Crippen molar-refractivity contribution in [3.05, 3.63) is 23.8 Å². The summed E-state index contributed by atoms with van der Waals surface area (Å²) in [5.74, 6) is -0.979. The molecular formula is C13H15N5O2S. The van der Waals surface area contributed by atoms with Gasteiger partial charge < -0.3 is 10.8 Å². The predicted octanol–water partition coefficient (Wildman–Crippen LogP) is 2.22. The summed E-state index contributed by atoms with van der Waals surface area (Å²) in [7, 11) is 0. The molecule has 1 fully saturated rings. The molecule has 0 unspecified atom stereocenters. The van der Waals surface area contributed by atoms with E-state index in [0.29, 0.717) is 21.8 Å². The van der Waals surface area contributed by atoms with Crippen LogP contribution in [-0.2, 0) is 0 Å². The van der Waals surface area contributed by atoms with Gasteiger partial charge in [-0.15, -0.1) is 5.10 Å². The van der Waals surface area contributed by atoms with E-state index in [9.17, 15) is 4.79 Å². The summed E-state index contributed by atoms with van der Waals surface area (Å²) >= 11 is 1.30. The molecule has 3 rings (SSSR count). The van der Waals surface area contributed by atoms with Crippen LogP contribution in [0.2, 0.25) is 0 Å². The Hall–Kier alpha value is -2.09. The van der Waals surface area contributed by atoms with E-state index in [2.05, 4.69) is 15.5 Å². The summed E-state index contributed by atoms with van der Waals surface area (Å²) in [6.45, 7) is 0. The number of nitrogens with two attached hydrogens (primary N) is 1. The maximum atomic E-state index is 11.0. The van der Waals surface area contributed by atoms with Gasteiger partial charge in [0.05, 0.1) is 11.6 Å². The second-order valence-electron chi connectivity index (χ2n) is 5.00. The van der Waals surface area contributed by atoms with Crippen molar-refractivity contribution in [1.29, 1.82) is 0 Å². The molecule has 21 heavy (non-hydrogen) atoms. The minimum Gasteiger partial charge on any atom is -0.478 e. The maximum absolute atomic E-state index is 11.0. The molecule has 3 N–H and O–H groups in total. The molecule has 1 aromatic heterocycles. The number of nitrogen functional groups attached to an aromatic ring is 1. The lowest BCUT2D eigenvalue weighted by Gasteiger charge is -2.11. The molecule has 7 nitrogen and oxygen atoms in total. The maximum Gasteiger partial charge on any atom is 0.335 e. The fraction of sp³-hybridized carbons (Fsp3) is 0.385. The van der Waals surface area contributed by atoms with Crippen LogP contribution in [0.25, 0.3) is 0 Å². The largest absolute Gasteiger partial charge is 0.478 e. The highest BCUT2D eigenvalue weighted by atomic mass is 32.2. The minimum absolute atomic E-state index is 0.201. The number of carboxylic acids is 1. The third-order valence-electron chi connectivity index (χ3n) is 3.59. The van der Waals surface area contributed by atoms with Crippen molar-refractivity contribution in [3.8, 4) is 0 Å². The minimum atomic E-state index is -0.979. The van der Waals surface area contributed by atoms with Crippen molar-refractivity contribution in [3.63, 3.8) is 0 Å². The van der Waals surface area contributed by atoms with E-state index >= 15 is 0 Å². The Labute approximate surface area is 125 Å². The summed E-state index contributed by atoms with van der Waals surface area (Å²) in [5.41, 5.74) is 6.64. The predicted molar refractivity (Wildman–Crippen MR) is 77.3 cm³/mol. The summed E-state index contributed by atoms with van der Waals surface area (Å²) in [6.07, 6.45) is 4.52. The van der Waals surface area contributed by atoms with Gasteiger partial charge in [-0.05, 0) is 53.2 Å². The highest BCUT2D eigenvalue weighted by Crippen LogP contribution is 2.35. The molecule has 2 aromatic rings. The first kappa shape index (κ1) is 13.9. The van der Waals surface area contributed by atoms with Crippen molar-refractivity contribution in [2.75, 3.05) is 5.73 Å². The average Bonchev–Trinajstić information content (AvgIpc) is 3.11. The Bertz CT molecular complexity index is 666. The van der Waals surface area contributed by atoms with Crippen LogP contribution < -0.4 is 5.73 Å². The average molecular weight is 305 g/mol. The van der Waals surface area contributed by atoms with Crippen LogP contribution in [0, 0.1) is 0 Å². The molecule has 1 aromatic carbocycles. The first-order valence-electron chi connectivity index (χ1n) is 6.73. The second kappa shape index (κ2) is 5.72. The lowest BCUT2D eigenvalue weighted by molar-refractivity contribution is 0.0696. The van der Waals surface area contributed by atoms with Crippen LogP contribution in [0.5, 0.6) is 0 Å². The van der Waals surface area contributed by atoms with Gasteiger partial charge in [-0.25, -0.2) is 9.48 Å². The van der Waals surface area contributed by atoms with Crippen LogP contribution in [0.3, 0.4) is 0 Å². The van der Waals surface area contributed by atoms with E-state index in [0.717, 1.165) is 12.8 Å². The normalized spacial score (nSPS) is 15.4. The van der Waals surface area contributed by atoms with Crippen LogP contribution >= 0.6 is 11.8 Å². The first-order chi connectivity index (χ1) is 10.1. The van der Waals surface area contributed by atoms with E-state index in [1.54, 1.807) is 12.1 Å². The van der Waals surface area contributed by atoms with E-state index in [4.69, 9.17) is 10.8 Å². The Morgan fingerprint density at radius 3 is 2.86 bits per heavy atom. The van der Waals surface area contributed by atoms with E-state index in [1.165, 1.54) is 30.7 Å². The second-order valence-corrected chi connectivity index (χ2v) is 6.01. The van der Waals surface area contributed by atoms with Gasteiger partial charge in [-0.1, -0.05) is 12.8 Å². The molecular weight excluding hydrogens is 290 g/mol. The van der Waals surface area contributed by atoms with Crippen LogP contribution in [-0.4, -0.2) is 31.3 Å². The number of hydrogen-bond donors (Lipinski definition) is 2. The Kier molecular flexibility index (Phi) is 3.78. The standard InChI is InChI=1S/C13H15N5O2S/c14-10-6-5-8(12(19)20)7-11(10)21-13-15-16-17-18(13)9-3-1-2-4-9/h5-7,9H,1-4,14H2,(H,19,20). The molecule has 1 heterocycles. The van der Waals surface area contributed by atoms with Crippen LogP contribution in [0.15, 0.2) is 28.3 Å². The smallest absolute Gasteiger partial charge is 0.335 e. The fourth-order valence-electron chi connectivity index (χ4n) is 2.48. The van der Waals surface area contributed by atoms with Crippen LogP contribution in [0.4, 0.5) is 5.69 Å². The van der Waals surface area contributed by atoms with Crippen molar-refractivity contribution in [2.45, 2.75) is 41.8 Å². The highest BCUT2D eigenvalue weighted by Gasteiger charge is 2.22. The summed E-state index contributed by atoms with van der Waals surface area (Å²) in [6, 6.07) is 4.96. The van der Waals surface area contributed by atoms with Gasteiger partial charge in [0, 0.05) is 10.6 Å². The monoisotopic (exact) mass is 305 g/mol. The van der Waals surface area contributed by atoms with E-state index in [-0.39, 0.29) is 5.56 Å². The third-order valence-corrected chi connectivity index (χ3v) is 4.62. The molecule has 0 radical (unpaired) electrons. The highest BCUT2D eigenvalue weighted by molar-refractivity contribution is 7.99. The number of carboxylic acid groups (broad SMARTS) is 1. The summed E-state index contributed by atoms with van der Waals surface area (Å²) in [5, 5.41) is 21.5. The Morgan fingerprint density at radius 1 is 1.38 bits per heavy atom. The number of anilines is 1. The number of benzene rings is 1. The zero-order chi connectivity index (χ0) is 14.8. The molecule has 0 bridgehead atoms. The molecule has 0 spiro atoms. The summed E-state index contributed by atoms with van der Waals surface area (Å²) in [4.78, 5) is 11.7. The van der Waals surface area contributed by atoms with Crippen LogP contribution in [0.1, 0.15) is 42.1 Å². The van der Waals surface area contributed by atoms with Crippen molar-refractivity contribution >= 4 is 23.4 Å². The number of tetrazole rings is 1. The van der Waals surface area contributed by atoms with Gasteiger partial charge in [0.2, 0.25) is 5.16 Å². The molecule has 0 saturated heterocycles. The zero-order valence-corrected chi connectivity index (χ0v) is 12.1. The Morgan fingerprint density at radius 2 is 2.14 bits per heavy atom. The van der Waals surface area contributed by atoms with Crippen molar-refractivity contribution in [2.24, 2.45) is 0 Å². The van der Waals surface area contributed by atoms with Gasteiger partial charge in [0.15, 0.2) is 0 Å². The van der Waals surface area contributed by atoms with Gasteiger partial charge in [0.25, 0.3) is 0 Å². The van der Waals surface area contributed by atoms with Gasteiger partial charge in [-0.3, -0.25) is 0 Å². The van der Waals surface area contributed by atoms with Crippen molar-refractivity contribution < 1.29 is 9.90 Å². The van der Waals surface area contributed by atoms with Gasteiger partial charge >= 0.3 is 5.97 Å². The molecule has 0 atom stereocenters. The van der Waals surface area contributed by atoms with E-state index in [1.807, 2.05) is 4.68 Å². The number of rotatable bonds is 4. The number of carbonyl (C=O) groups is 1. The lowest BCUT2D eigenvalue weighted by Crippen LogP contribution is -2.08. The number of nitrogens with zero attached hydrogens (tertiary/aromatic N) is 4. The van der Waals surface area contributed by atoms with Gasteiger partial charge in [0.1, 0.15) is 0 Å². The number of aromatic carboxylic acids is 1. The quantitative estimate of drug-likeness (QED) is 0.834. The molecule has 1 aliphatic carbocycles. The lowest BCUT2D eigenvalue weighted by atomic mass is 10.2. The molecule has 1 saturated carbocycles. The first-order valence-corrected chi connectivity index (χ1v) is 7.55. The topological polar surface area (TPSA) is 107 Å².